The highest BCUT2D eigenvalue weighted by Gasteiger charge is 2.36. The molecular weight excluding hydrogens is 405 g/mol. The number of rotatable bonds is 4. The van der Waals surface area contributed by atoms with E-state index in [9.17, 15) is 18.8 Å². The van der Waals surface area contributed by atoms with Gasteiger partial charge in [0.1, 0.15) is 6.17 Å². The lowest BCUT2D eigenvalue weighted by atomic mass is 10.1. The molecule has 4 heterocycles. The number of imide groups is 1. The zero-order chi connectivity index (χ0) is 21.7. The Kier molecular flexibility index (Phi) is 5.05. The van der Waals surface area contributed by atoms with E-state index in [1.807, 2.05) is 12.1 Å². The van der Waals surface area contributed by atoms with Crippen LogP contribution >= 0.6 is 0 Å². The van der Waals surface area contributed by atoms with Gasteiger partial charge in [-0.15, -0.1) is 0 Å². The molecule has 3 saturated heterocycles. The van der Waals surface area contributed by atoms with Crippen LogP contribution in [0.1, 0.15) is 25.7 Å². The minimum atomic E-state index is -0.999. The molecule has 2 atom stereocenters. The predicted molar refractivity (Wildman–Crippen MR) is 113 cm³/mol. The summed E-state index contributed by atoms with van der Waals surface area (Å²) in [5, 5.41) is 4.01. The number of nitrogens with one attached hydrogen (secondary N) is 1. The van der Waals surface area contributed by atoms with E-state index in [0.29, 0.717) is 43.5 Å². The fourth-order valence-corrected chi connectivity index (χ4v) is 4.71. The second-order valence-electron chi connectivity index (χ2n) is 8.46. The van der Waals surface area contributed by atoms with Crippen LogP contribution in [0.15, 0.2) is 23.0 Å². The number of para-hydroxylation sites is 1. The molecule has 10 heteroatoms. The summed E-state index contributed by atoms with van der Waals surface area (Å²) < 4.78 is 22.7. The van der Waals surface area contributed by atoms with E-state index in [0.717, 1.165) is 17.2 Å². The van der Waals surface area contributed by atoms with Gasteiger partial charge in [-0.3, -0.25) is 14.2 Å². The third kappa shape index (κ3) is 3.34. The standard InChI is InChI=1S/C21H26FN5O4/c1-24-20-15(25-11-13(12-25)31-17-8-9-23-10-14(17)22)4-2-5-16(20)26(21(24)30)27-18(28)6-3-7-19(27)29/h2,4-5,13-14,17,23H,3,6-12H2,1H3/t14-,17+/m1/s1. The van der Waals surface area contributed by atoms with Crippen molar-refractivity contribution < 1.29 is 18.7 Å². The van der Waals surface area contributed by atoms with Crippen LogP contribution in [-0.4, -0.2) is 65.6 Å². The molecule has 0 saturated carbocycles. The molecule has 31 heavy (non-hydrogen) atoms. The molecule has 3 aliphatic heterocycles. The lowest BCUT2D eigenvalue weighted by molar-refractivity contribution is -0.131. The molecule has 1 aromatic heterocycles. The summed E-state index contributed by atoms with van der Waals surface area (Å²) in [4.78, 5) is 39.9. The monoisotopic (exact) mass is 431 g/mol. The van der Waals surface area contributed by atoms with Gasteiger partial charge in [-0.25, -0.2) is 9.18 Å². The topological polar surface area (TPSA) is 88.8 Å². The van der Waals surface area contributed by atoms with E-state index < -0.39 is 11.9 Å². The van der Waals surface area contributed by atoms with E-state index in [1.165, 1.54) is 9.24 Å². The maximum absolute atomic E-state index is 14.0. The van der Waals surface area contributed by atoms with Gasteiger partial charge in [0.25, 0.3) is 0 Å². The number of hydrogen-bond donors (Lipinski definition) is 1. The van der Waals surface area contributed by atoms with Crippen molar-refractivity contribution in [1.29, 1.82) is 0 Å². The zero-order valence-corrected chi connectivity index (χ0v) is 17.4. The number of carbonyl (C=O) groups excluding carboxylic acids is 2. The molecular formula is C21H26FN5O4. The fourth-order valence-electron chi connectivity index (χ4n) is 4.71. The van der Waals surface area contributed by atoms with Crippen molar-refractivity contribution in [3.05, 3.63) is 28.7 Å². The highest BCUT2D eigenvalue weighted by atomic mass is 19.1. The molecule has 0 unspecified atom stereocenters. The van der Waals surface area contributed by atoms with E-state index in [1.54, 1.807) is 13.1 Å². The fraction of sp³-hybridized carbons (Fsp3) is 0.571. The third-order valence-corrected chi connectivity index (χ3v) is 6.38. The highest BCUT2D eigenvalue weighted by molar-refractivity contribution is 6.11. The maximum Gasteiger partial charge on any atom is 0.348 e. The average Bonchev–Trinajstić information content (AvgIpc) is 2.97. The lowest BCUT2D eigenvalue weighted by Crippen LogP contribution is -2.56. The summed E-state index contributed by atoms with van der Waals surface area (Å²) in [5.41, 5.74) is 1.56. The number of piperidine rings is 2. The third-order valence-electron chi connectivity index (χ3n) is 6.38. The number of fused-ring (bicyclic) bond motifs is 1. The number of aromatic nitrogens is 2. The van der Waals surface area contributed by atoms with E-state index in [2.05, 4.69) is 10.2 Å². The Morgan fingerprint density at radius 3 is 2.58 bits per heavy atom. The highest BCUT2D eigenvalue weighted by Crippen LogP contribution is 2.31. The number of benzene rings is 1. The van der Waals surface area contributed by atoms with Crippen LogP contribution in [0.3, 0.4) is 0 Å². The Morgan fingerprint density at radius 2 is 1.87 bits per heavy atom. The molecule has 2 amide bonds. The normalized spacial score (nSPS) is 25.4. The van der Waals surface area contributed by atoms with Gasteiger partial charge >= 0.3 is 5.69 Å². The zero-order valence-electron chi connectivity index (χ0n) is 17.4. The molecule has 5 rings (SSSR count). The first-order valence-electron chi connectivity index (χ1n) is 10.8. The number of imidazole rings is 1. The summed E-state index contributed by atoms with van der Waals surface area (Å²) in [6.45, 7) is 2.27. The molecule has 0 aliphatic carbocycles. The van der Waals surface area contributed by atoms with Crippen LogP contribution in [0.2, 0.25) is 0 Å². The molecule has 3 fully saturated rings. The van der Waals surface area contributed by atoms with Crippen LogP contribution in [0.25, 0.3) is 11.0 Å². The molecule has 9 nitrogen and oxygen atoms in total. The molecule has 166 valence electrons. The summed E-state index contributed by atoms with van der Waals surface area (Å²) in [5.74, 6) is -0.729. The van der Waals surface area contributed by atoms with Crippen molar-refractivity contribution in [2.45, 2.75) is 44.1 Å². The molecule has 2 aromatic rings. The minimum Gasteiger partial charge on any atom is -0.368 e. The van der Waals surface area contributed by atoms with Crippen LogP contribution < -0.4 is 20.9 Å². The van der Waals surface area contributed by atoms with Gasteiger partial charge < -0.3 is 15.0 Å². The second kappa shape index (κ2) is 7.76. The molecule has 0 spiro atoms. The van der Waals surface area contributed by atoms with Gasteiger partial charge in [-0.1, -0.05) is 6.07 Å². The van der Waals surface area contributed by atoms with Gasteiger partial charge in [0.2, 0.25) is 11.8 Å². The number of halogens is 1. The van der Waals surface area contributed by atoms with Crippen LogP contribution in [0.5, 0.6) is 0 Å². The van der Waals surface area contributed by atoms with Crippen molar-refractivity contribution >= 4 is 28.5 Å². The van der Waals surface area contributed by atoms with Gasteiger partial charge in [-0.2, -0.15) is 9.69 Å². The summed E-state index contributed by atoms with van der Waals surface area (Å²) in [6, 6.07) is 5.46. The number of hydrogen-bond acceptors (Lipinski definition) is 6. The Morgan fingerprint density at radius 1 is 1.13 bits per heavy atom. The first kappa shape index (κ1) is 20.2. The van der Waals surface area contributed by atoms with E-state index in [-0.39, 0.29) is 36.9 Å². The number of carbonyl (C=O) groups is 2. The largest absolute Gasteiger partial charge is 0.368 e. The van der Waals surface area contributed by atoms with Crippen molar-refractivity contribution in [2.24, 2.45) is 7.05 Å². The van der Waals surface area contributed by atoms with Gasteiger partial charge in [0.15, 0.2) is 0 Å². The minimum absolute atomic E-state index is 0.0685. The number of aryl methyl sites for hydroxylation is 1. The first-order valence-corrected chi connectivity index (χ1v) is 10.8. The second-order valence-corrected chi connectivity index (χ2v) is 8.46. The van der Waals surface area contributed by atoms with Crippen molar-refractivity contribution in [2.75, 3.05) is 36.1 Å². The van der Waals surface area contributed by atoms with E-state index >= 15 is 0 Å². The number of nitrogens with zero attached hydrogens (tertiary/aromatic N) is 4. The predicted octanol–water partition coefficient (Wildman–Crippen LogP) is 0.420. The molecule has 1 aromatic carbocycles. The number of alkyl halides is 1. The summed E-state index contributed by atoms with van der Waals surface area (Å²) >= 11 is 0. The SMILES string of the molecule is Cn1c(=O)n(N2C(=O)CCCC2=O)c2cccc(N3CC(O[C@H]4CCNC[C@H]4F)C3)c21. The van der Waals surface area contributed by atoms with Crippen LogP contribution in [0, 0.1) is 0 Å². The first-order chi connectivity index (χ1) is 15.0. The van der Waals surface area contributed by atoms with Crippen molar-refractivity contribution in [3.8, 4) is 0 Å². The summed E-state index contributed by atoms with van der Waals surface area (Å²) in [6.07, 6.45) is 0.192. The Balaban J connectivity index is 1.42. The number of anilines is 1. The Bertz CT molecular complexity index is 1070. The smallest absolute Gasteiger partial charge is 0.348 e. The summed E-state index contributed by atoms with van der Waals surface area (Å²) in [7, 11) is 1.64. The van der Waals surface area contributed by atoms with Gasteiger partial charge in [0.05, 0.1) is 28.9 Å². The van der Waals surface area contributed by atoms with Crippen molar-refractivity contribution in [1.82, 2.24) is 14.6 Å². The Labute approximate surface area is 178 Å². The molecule has 1 N–H and O–H groups in total. The molecule has 0 radical (unpaired) electrons. The number of ether oxygens (including phenoxy) is 1. The molecule has 0 bridgehead atoms. The van der Waals surface area contributed by atoms with Crippen LogP contribution in [0.4, 0.5) is 10.1 Å². The number of amides is 2. The van der Waals surface area contributed by atoms with Crippen LogP contribution in [-0.2, 0) is 21.4 Å². The maximum atomic E-state index is 14.0. The van der Waals surface area contributed by atoms with E-state index in [4.69, 9.17) is 4.74 Å². The average molecular weight is 431 g/mol. The van der Waals surface area contributed by atoms with Gasteiger partial charge in [0, 0.05) is 39.5 Å². The Hall–Kier alpha value is -2.72. The molecule has 3 aliphatic rings. The van der Waals surface area contributed by atoms with Gasteiger partial charge in [-0.05, 0) is 31.5 Å². The lowest BCUT2D eigenvalue weighted by Gasteiger charge is -2.43. The quantitative estimate of drug-likeness (QED) is 0.706. The van der Waals surface area contributed by atoms with Crippen molar-refractivity contribution in [3.63, 3.8) is 0 Å².